The fraction of sp³-hybridized carbons (Fsp3) is 0.227. The average molecular weight is 390 g/mol. The van der Waals surface area contributed by atoms with Crippen LogP contribution in [-0.4, -0.2) is 34.6 Å². The van der Waals surface area contributed by atoms with E-state index in [1.165, 1.54) is 0 Å². The summed E-state index contributed by atoms with van der Waals surface area (Å²) in [6, 6.07) is 17.0. The molecule has 1 saturated heterocycles. The van der Waals surface area contributed by atoms with Crippen molar-refractivity contribution in [2.75, 3.05) is 19.0 Å². The van der Waals surface area contributed by atoms with Crippen molar-refractivity contribution >= 4 is 11.7 Å². The molecule has 0 saturated carbocycles. The zero-order chi connectivity index (χ0) is 20.1. The van der Waals surface area contributed by atoms with Gasteiger partial charge in [0.1, 0.15) is 11.5 Å². The molecule has 2 heterocycles. The van der Waals surface area contributed by atoms with Crippen molar-refractivity contribution in [1.29, 1.82) is 0 Å². The molecule has 7 nitrogen and oxygen atoms in total. The number of nitrogens with zero attached hydrogens (tertiary/aromatic N) is 3. The molecular weight excluding hydrogens is 368 g/mol. The first-order valence-corrected chi connectivity index (χ1v) is 9.49. The first-order valence-electron chi connectivity index (χ1n) is 9.49. The molecule has 2 aromatic carbocycles. The number of rotatable bonds is 5. The van der Waals surface area contributed by atoms with Gasteiger partial charge in [-0.3, -0.25) is 0 Å². The lowest BCUT2D eigenvalue weighted by molar-refractivity contribution is 0.207. The van der Waals surface area contributed by atoms with Gasteiger partial charge in [-0.1, -0.05) is 12.1 Å². The Kier molecular flexibility index (Phi) is 5.56. The highest BCUT2D eigenvalue weighted by Crippen LogP contribution is 2.34. The highest BCUT2D eigenvalue weighted by atomic mass is 16.5. The summed E-state index contributed by atoms with van der Waals surface area (Å²) in [4.78, 5) is 22.8. The average Bonchev–Trinajstić information content (AvgIpc) is 3.26. The molecule has 3 aromatic rings. The smallest absolute Gasteiger partial charge is 0.322 e. The van der Waals surface area contributed by atoms with E-state index in [4.69, 9.17) is 9.47 Å². The quantitative estimate of drug-likeness (QED) is 0.686. The van der Waals surface area contributed by atoms with Gasteiger partial charge in [0.15, 0.2) is 0 Å². The molecule has 0 radical (unpaired) electrons. The molecule has 0 aliphatic carbocycles. The SMILES string of the molecule is COc1cccc(C2CCCN2C(=O)Nc2ccc(Oc3ncccn3)cc2)c1. The van der Waals surface area contributed by atoms with Gasteiger partial charge in [0.2, 0.25) is 0 Å². The summed E-state index contributed by atoms with van der Waals surface area (Å²) in [5.41, 5.74) is 1.79. The van der Waals surface area contributed by atoms with Crippen LogP contribution in [0, 0.1) is 0 Å². The van der Waals surface area contributed by atoms with Crippen LogP contribution in [0.5, 0.6) is 17.5 Å². The Labute approximate surface area is 169 Å². The van der Waals surface area contributed by atoms with Crippen molar-refractivity contribution in [3.05, 3.63) is 72.6 Å². The van der Waals surface area contributed by atoms with Crippen LogP contribution in [0.4, 0.5) is 10.5 Å². The summed E-state index contributed by atoms with van der Waals surface area (Å²) >= 11 is 0. The molecule has 1 atom stereocenters. The fourth-order valence-corrected chi connectivity index (χ4v) is 3.45. The Morgan fingerprint density at radius 3 is 2.62 bits per heavy atom. The van der Waals surface area contributed by atoms with Gasteiger partial charge in [-0.15, -0.1) is 0 Å². The molecule has 1 aliphatic rings. The number of urea groups is 1. The summed E-state index contributed by atoms with van der Waals surface area (Å²) in [5.74, 6) is 1.40. The molecule has 1 aromatic heterocycles. The predicted octanol–water partition coefficient (Wildman–Crippen LogP) is 4.65. The monoisotopic (exact) mass is 390 g/mol. The normalized spacial score (nSPS) is 15.8. The molecule has 1 N–H and O–H groups in total. The molecule has 1 aliphatic heterocycles. The van der Waals surface area contributed by atoms with Crippen LogP contribution >= 0.6 is 0 Å². The Bertz CT molecular complexity index is 963. The minimum Gasteiger partial charge on any atom is -0.497 e. The van der Waals surface area contributed by atoms with Crippen LogP contribution in [0.15, 0.2) is 67.0 Å². The third-order valence-electron chi connectivity index (χ3n) is 4.85. The third kappa shape index (κ3) is 4.45. The van der Waals surface area contributed by atoms with E-state index in [2.05, 4.69) is 15.3 Å². The maximum absolute atomic E-state index is 12.9. The highest BCUT2D eigenvalue weighted by Gasteiger charge is 2.30. The minimum atomic E-state index is -0.115. The highest BCUT2D eigenvalue weighted by molar-refractivity contribution is 5.89. The second-order valence-electron chi connectivity index (χ2n) is 6.72. The number of amides is 2. The zero-order valence-electron chi connectivity index (χ0n) is 16.1. The Hall–Kier alpha value is -3.61. The number of hydrogen-bond acceptors (Lipinski definition) is 5. The van der Waals surface area contributed by atoms with Crippen molar-refractivity contribution in [3.63, 3.8) is 0 Å². The molecule has 7 heteroatoms. The summed E-state index contributed by atoms with van der Waals surface area (Å²) < 4.78 is 10.9. The lowest BCUT2D eigenvalue weighted by Gasteiger charge is -2.25. The Balaban J connectivity index is 1.41. The fourth-order valence-electron chi connectivity index (χ4n) is 3.45. The van der Waals surface area contributed by atoms with Crippen LogP contribution in [0.25, 0.3) is 0 Å². The molecule has 0 bridgehead atoms. The van der Waals surface area contributed by atoms with Gasteiger partial charge in [0.05, 0.1) is 13.2 Å². The second kappa shape index (κ2) is 8.60. The summed E-state index contributed by atoms with van der Waals surface area (Å²) in [6.07, 6.45) is 5.14. The number of aromatic nitrogens is 2. The van der Waals surface area contributed by atoms with Gasteiger partial charge >= 0.3 is 12.0 Å². The van der Waals surface area contributed by atoms with Gasteiger partial charge in [0, 0.05) is 24.6 Å². The summed E-state index contributed by atoms with van der Waals surface area (Å²) in [6.45, 7) is 0.722. The summed E-state index contributed by atoms with van der Waals surface area (Å²) in [5, 5.41) is 2.97. The Morgan fingerprint density at radius 2 is 1.86 bits per heavy atom. The maximum atomic E-state index is 12.9. The van der Waals surface area contributed by atoms with Gasteiger partial charge in [0.25, 0.3) is 0 Å². The first kappa shape index (κ1) is 18.7. The number of benzene rings is 2. The third-order valence-corrected chi connectivity index (χ3v) is 4.85. The van der Waals surface area contributed by atoms with Gasteiger partial charge in [-0.25, -0.2) is 14.8 Å². The molecule has 148 valence electrons. The van der Waals surface area contributed by atoms with E-state index in [9.17, 15) is 4.79 Å². The molecule has 0 spiro atoms. The number of methoxy groups -OCH3 is 1. The van der Waals surface area contributed by atoms with E-state index in [1.54, 1.807) is 49.8 Å². The molecule has 29 heavy (non-hydrogen) atoms. The molecule has 4 rings (SSSR count). The van der Waals surface area contributed by atoms with Crippen molar-refractivity contribution in [2.24, 2.45) is 0 Å². The predicted molar refractivity (Wildman–Crippen MR) is 109 cm³/mol. The standard InChI is InChI=1S/C22H22N4O3/c1-28-19-6-2-5-16(15-19)20-7-3-14-26(20)22(27)25-17-8-10-18(11-9-17)29-21-23-12-4-13-24-21/h2,4-6,8-13,15,20H,3,7,14H2,1H3,(H,25,27). The molecule has 1 unspecified atom stereocenters. The van der Waals surface area contributed by atoms with E-state index < -0.39 is 0 Å². The molecule has 2 amide bonds. The maximum Gasteiger partial charge on any atom is 0.322 e. The van der Waals surface area contributed by atoms with E-state index in [-0.39, 0.29) is 18.1 Å². The molecular formula is C22H22N4O3. The zero-order valence-corrected chi connectivity index (χ0v) is 16.1. The number of carbonyl (C=O) groups is 1. The van der Waals surface area contributed by atoms with Crippen molar-refractivity contribution < 1.29 is 14.3 Å². The van der Waals surface area contributed by atoms with Crippen molar-refractivity contribution in [2.45, 2.75) is 18.9 Å². The summed E-state index contributed by atoms with van der Waals surface area (Å²) in [7, 11) is 1.65. The van der Waals surface area contributed by atoms with Crippen LogP contribution < -0.4 is 14.8 Å². The Morgan fingerprint density at radius 1 is 1.07 bits per heavy atom. The lowest BCUT2D eigenvalue weighted by Crippen LogP contribution is -2.34. The number of likely N-dealkylation sites (tertiary alicyclic amines) is 1. The number of carbonyl (C=O) groups excluding carboxylic acids is 1. The van der Waals surface area contributed by atoms with Gasteiger partial charge in [-0.2, -0.15) is 0 Å². The van der Waals surface area contributed by atoms with E-state index in [1.807, 2.05) is 29.2 Å². The van der Waals surface area contributed by atoms with Crippen LogP contribution in [0.1, 0.15) is 24.4 Å². The van der Waals surface area contributed by atoms with Gasteiger partial charge < -0.3 is 19.7 Å². The van der Waals surface area contributed by atoms with Crippen molar-refractivity contribution in [1.82, 2.24) is 14.9 Å². The minimum absolute atomic E-state index is 0.0444. The van der Waals surface area contributed by atoms with Crippen LogP contribution in [0.3, 0.4) is 0 Å². The van der Waals surface area contributed by atoms with Crippen molar-refractivity contribution in [3.8, 4) is 17.5 Å². The van der Waals surface area contributed by atoms with Crippen LogP contribution in [-0.2, 0) is 0 Å². The number of nitrogens with one attached hydrogen (secondary N) is 1. The van der Waals surface area contributed by atoms with E-state index >= 15 is 0 Å². The number of anilines is 1. The second-order valence-corrected chi connectivity index (χ2v) is 6.72. The van der Waals surface area contributed by atoms with E-state index in [0.29, 0.717) is 11.4 Å². The molecule has 1 fully saturated rings. The number of hydrogen-bond donors (Lipinski definition) is 1. The van der Waals surface area contributed by atoms with Crippen LogP contribution in [0.2, 0.25) is 0 Å². The number of ether oxygens (including phenoxy) is 2. The topological polar surface area (TPSA) is 76.6 Å². The first-order chi connectivity index (χ1) is 14.2. The lowest BCUT2D eigenvalue weighted by atomic mass is 10.0. The van der Waals surface area contributed by atoms with E-state index in [0.717, 1.165) is 30.7 Å². The van der Waals surface area contributed by atoms with Gasteiger partial charge in [-0.05, 0) is 60.9 Å². The largest absolute Gasteiger partial charge is 0.497 e.